The first-order valence-corrected chi connectivity index (χ1v) is 4.97. The number of benzene rings is 1. The molecule has 2 rings (SSSR count). The molecule has 0 fully saturated rings. The average Bonchev–Trinajstić information content (AvgIpc) is 2.49. The Kier molecular flexibility index (Phi) is 2.28. The molecule has 0 atom stereocenters. The van der Waals surface area contributed by atoms with Crippen LogP contribution in [0.25, 0.3) is 10.9 Å². The minimum Gasteiger partial charge on any atom is -0.361 e. The van der Waals surface area contributed by atoms with E-state index in [4.69, 9.17) is 11.6 Å². The van der Waals surface area contributed by atoms with Gasteiger partial charge in [0.2, 0.25) is 0 Å². The number of aromatic nitrogens is 1. The molecular weight excluding hydrogens is 182 g/mol. The molecule has 1 heterocycles. The third-order valence-corrected chi connectivity index (χ3v) is 2.48. The summed E-state index contributed by atoms with van der Waals surface area (Å²) < 4.78 is 0. The van der Waals surface area contributed by atoms with Crippen molar-refractivity contribution in [3.63, 3.8) is 0 Å². The molecule has 0 saturated heterocycles. The molecule has 1 aromatic carbocycles. The SMILES string of the molecule is Cc1ccc2c(CCCl)c[nH]c2c1. The van der Waals surface area contributed by atoms with Crippen LogP contribution in [-0.2, 0) is 6.42 Å². The van der Waals surface area contributed by atoms with Crippen LogP contribution in [0.3, 0.4) is 0 Å². The smallest absolute Gasteiger partial charge is 0.0459 e. The monoisotopic (exact) mass is 193 g/mol. The number of alkyl halides is 1. The minimum absolute atomic E-state index is 0.681. The van der Waals surface area contributed by atoms with Crippen LogP contribution in [-0.4, -0.2) is 10.9 Å². The lowest BCUT2D eigenvalue weighted by Gasteiger charge is -1.95. The Morgan fingerprint density at radius 2 is 2.23 bits per heavy atom. The summed E-state index contributed by atoms with van der Waals surface area (Å²) in [4.78, 5) is 3.26. The van der Waals surface area contributed by atoms with Gasteiger partial charge in [-0.15, -0.1) is 11.6 Å². The van der Waals surface area contributed by atoms with E-state index < -0.39 is 0 Å². The Morgan fingerprint density at radius 1 is 1.38 bits per heavy atom. The van der Waals surface area contributed by atoms with E-state index in [-0.39, 0.29) is 0 Å². The maximum atomic E-state index is 5.71. The van der Waals surface area contributed by atoms with Gasteiger partial charge in [-0.05, 0) is 30.5 Å². The number of fused-ring (bicyclic) bond motifs is 1. The molecule has 0 unspecified atom stereocenters. The number of hydrogen-bond acceptors (Lipinski definition) is 0. The average molecular weight is 194 g/mol. The van der Waals surface area contributed by atoms with E-state index in [0.29, 0.717) is 5.88 Å². The summed E-state index contributed by atoms with van der Waals surface area (Å²) in [6.07, 6.45) is 2.98. The quantitative estimate of drug-likeness (QED) is 0.705. The summed E-state index contributed by atoms with van der Waals surface area (Å²) in [5.41, 5.74) is 3.80. The molecule has 2 heteroatoms. The van der Waals surface area contributed by atoms with Gasteiger partial charge < -0.3 is 4.98 Å². The van der Waals surface area contributed by atoms with Crippen molar-refractivity contribution < 1.29 is 0 Å². The highest BCUT2D eigenvalue weighted by atomic mass is 35.5. The third-order valence-electron chi connectivity index (χ3n) is 2.29. The first kappa shape index (κ1) is 8.64. The third kappa shape index (κ3) is 1.56. The van der Waals surface area contributed by atoms with Crippen molar-refractivity contribution in [3.8, 4) is 0 Å². The molecule has 1 N–H and O–H groups in total. The lowest BCUT2D eigenvalue weighted by molar-refractivity contribution is 1.16. The predicted molar refractivity (Wildman–Crippen MR) is 57.5 cm³/mol. The van der Waals surface area contributed by atoms with Crippen molar-refractivity contribution in [2.75, 3.05) is 5.88 Å². The van der Waals surface area contributed by atoms with Crippen LogP contribution >= 0.6 is 11.6 Å². The fourth-order valence-corrected chi connectivity index (χ4v) is 1.81. The highest BCUT2D eigenvalue weighted by Gasteiger charge is 2.01. The fraction of sp³-hybridized carbons (Fsp3) is 0.273. The van der Waals surface area contributed by atoms with Crippen LogP contribution in [0.1, 0.15) is 11.1 Å². The predicted octanol–water partition coefficient (Wildman–Crippen LogP) is 3.26. The molecule has 13 heavy (non-hydrogen) atoms. The van der Waals surface area contributed by atoms with Crippen molar-refractivity contribution in [3.05, 3.63) is 35.5 Å². The first-order valence-electron chi connectivity index (χ1n) is 4.44. The van der Waals surface area contributed by atoms with Crippen LogP contribution < -0.4 is 0 Å². The molecule has 0 spiro atoms. The van der Waals surface area contributed by atoms with Crippen LogP contribution in [0.5, 0.6) is 0 Å². The standard InChI is InChI=1S/C11H12ClN/c1-8-2-3-10-9(4-5-12)7-13-11(10)6-8/h2-3,6-7,13H,4-5H2,1H3. The largest absolute Gasteiger partial charge is 0.361 e. The molecular formula is C11H12ClN. The summed E-state index contributed by atoms with van der Waals surface area (Å²) in [5, 5.41) is 1.30. The van der Waals surface area contributed by atoms with Crippen LogP contribution in [0.15, 0.2) is 24.4 Å². The van der Waals surface area contributed by atoms with Crippen molar-refractivity contribution >= 4 is 22.5 Å². The normalized spacial score (nSPS) is 10.9. The van der Waals surface area contributed by atoms with Crippen LogP contribution in [0, 0.1) is 6.92 Å². The Morgan fingerprint density at radius 3 is 3.00 bits per heavy atom. The fourth-order valence-electron chi connectivity index (χ4n) is 1.61. The molecule has 0 aliphatic heterocycles. The van der Waals surface area contributed by atoms with E-state index in [1.54, 1.807) is 0 Å². The number of hydrogen-bond donors (Lipinski definition) is 1. The maximum absolute atomic E-state index is 5.71. The van der Waals surface area contributed by atoms with Crippen molar-refractivity contribution in [2.24, 2.45) is 0 Å². The van der Waals surface area contributed by atoms with E-state index in [0.717, 1.165) is 6.42 Å². The lowest BCUT2D eigenvalue weighted by Crippen LogP contribution is -1.82. The molecule has 68 valence electrons. The zero-order valence-corrected chi connectivity index (χ0v) is 8.36. The van der Waals surface area contributed by atoms with Crippen molar-refractivity contribution in [1.82, 2.24) is 4.98 Å². The van der Waals surface area contributed by atoms with Gasteiger partial charge in [0.05, 0.1) is 0 Å². The second-order valence-electron chi connectivity index (χ2n) is 3.30. The molecule has 0 aliphatic carbocycles. The number of aryl methyl sites for hydroxylation is 2. The second kappa shape index (κ2) is 3.43. The van der Waals surface area contributed by atoms with Gasteiger partial charge in [-0.25, -0.2) is 0 Å². The van der Waals surface area contributed by atoms with E-state index in [2.05, 4.69) is 30.1 Å². The number of rotatable bonds is 2. The lowest BCUT2D eigenvalue weighted by atomic mass is 10.1. The zero-order chi connectivity index (χ0) is 9.26. The van der Waals surface area contributed by atoms with E-state index in [1.165, 1.54) is 22.0 Å². The second-order valence-corrected chi connectivity index (χ2v) is 3.68. The molecule has 0 radical (unpaired) electrons. The zero-order valence-electron chi connectivity index (χ0n) is 7.60. The summed E-state index contributed by atoms with van der Waals surface area (Å²) in [6, 6.07) is 6.45. The Bertz CT molecular complexity index is 417. The van der Waals surface area contributed by atoms with Crippen molar-refractivity contribution in [2.45, 2.75) is 13.3 Å². The summed E-state index contributed by atoms with van der Waals surface area (Å²) in [6.45, 7) is 2.10. The van der Waals surface area contributed by atoms with Gasteiger partial charge in [-0.3, -0.25) is 0 Å². The highest BCUT2D eigenvalue weighted by Crippen LogP contribution is 2.19. The van der Waals surface area contributed by atoms with Gasteiger partial charge in [0.15, 0.2) is 0 Å². The molecule has 2 aromatic rings. The van der Waals surface area contributed by atoms with Crippen LogP contribution in [0.2, 0.25) is 0 Å². The van der Waals surface area contributed by atoms with Gasteiger partial charge in [0, 0.05) is 23.0 Å². The number of nitrogens with one attached hydrogen (secondary N) is 1. The minimum atomic E-state index is 0.681. The van der Waals surface area contributed by atoms with E-state index in [1.807, 2.05) is 6.20 Å². The summed E-state index contributed by atoms with van der Waals surface area (Å²) in [5.74, 6) is 0.681. The molecule has 0 aliphatic rings. The number of H-pyrrole nitrogens is 1. The van der Waals surface area contributed by atoms with Gasteiger partial charge in [0.25, 0.3) is 0 Å². The summed E-state index contributed by atoms with van der Waals surface area (Å²) in [7, 11) is 0. The molecule has 0 bridgehead atoms. The van der Waals surface area contributed by atoms with E-state index in [9.17, 15) is 0 Å². The van der Waals surface area contributed by atoms with E-state index >= 15 is 0 Å². The molecule has 1 aromatic heterocycles. The number of halogens is 1. The highest BCUT2D eigenvalue weighted by molar-refractivity contribution is 6.18. The van der Waals surface area contributed by atoms with Gasteiger partial charge in [-0.1, -0.05) is 12.1 Å². The molecule has 0 amide bonds. The maximum Gasteiger partial charge on any atom is 0.0459 e. The Labute approximate surface area is 82.7 Å². The topological polar surface area (TPSA) is 15.8 Å². The van der Waals surface area contributed by atoms with Crippen molar-refractivity contribution in [1.29, 1.82) is 0 Å². The van der Waals surface area contributed by atoms with Crippen LogP contribution in [0.4, 0.5) is 0 Å². The molecule has 1 nitrogen and oxygen atoms in total. The molecule has 0 saturated carbocycles. The Balaban J connectivity index is 2.55. The first-order chi connectivity index (χ1) is 6.31. The Hall–Kier alpha value is -0.950. The van der Waals surface area contributed by atoms with Gasteiger partial charge in [-0.2, -0.15) is 0 Å². The summed E-state index contributed by atoms with van der Waals surface area (Å²) >= 11 is 5.71. The van der Waals surface area contributed by atoms with Gasteiger partial charge >= 0.3 is 0 Å². The van der Waals surface area contributed by atoms with Gasteiger partial charge in [0.1, 0.15) is 0 Å². The number of aromatic amines is 1.